The highest BCUT2D eigenvalue weighted by molar-refractivity contribution is 5.96. The van der Waals surface area contributed by atoms with Crippen molar-refractivity contribution in [3.63, 3.8) is 0 Å². The topological polar surface area (TPSA) is 67.4 Å². The number of amides is 2. The van der Waals surface area contributed by atoms with E-state index in [1.165, 1.54) is 0 Å². The van der Waals surface area contributed by atoms with Gasteiger partial charge in [-0.15, -0.1) is 0 Å². The molecule has 0 spiro atoms. The quantitative estimate of drug-likeness (QED) is 0.806. The van der Waals surface area contributed by atoms with Gasteiger partial charge in [-0.3, -0.25) is 9.59 Å². The van der Waals surface area contributed by atoms with Gasteiger partial charge in [-0.25, -0.2) is 0 Å². The number of carbonyl (C=O) groups excluding carboxylic acids is 2. The van der Waals surface area contributed by atoms with Crippen molar-refractivity contribution in [2.45, 2.75) is 18.9 Å². The number of rotatable bonds is 5. The van der Waals surface area contributed by atoms with Crippen LogP contribution in [0.3, 0.4) is 0 Å². The lowest BCUT2D eigenvalue weighted by atomic mass is 10.2. The third-order valence-electron chi connectivity index (χ3n) is 2.70. The Bertz CT molecular complexity index is 438. The minimum absolute atomic E-state index is 0.0152. The predicted molar refractivity (Wildman–Crippen MR) is 66.5 cm³/mol. The molecule has 2 amide bonds. The Hall–Kier alpha value is -2.04. The lowest BCUT2D eigenvalue weighted by Gasteiger charge is -2.06. The molecule has 5 nitrogen and oxygen atoms in total. The average Bonchev–Trinajstić information content (AvgIpc) is 3.20. The number of hydrogen-bond acceptors (Lipinski definition) is 3. The molecule has 1 aromatic carbocycles. The summed E-state index contributed by atoms with van der Waals surface area (Å²) in [5, 5.41) is 5.38. The molecule has 0 saturated heterocycles. The molecule has 1 fully saturated rings. The van der Waals surface area contributed by atoms with Crippen molar-refractivity contribution in [1.82, 2.24) is 10.6 Å². The summed E-state index contributed by atoms with van der Waals surface area (Å²) < 4.78 is 5.00. The number of ether oxygens (including phenoxy) is 1. The van der Waals surface area contributed by atoms with Crippen LogP contribution in [0.5, 0.6) is 5.75 Å². The Morgan fingerprint density at radius 1 is 1.28 bits per heavy atom. The third-order valence-corrected chi connectivity index (χ3v) is 2.70. The van der Waals surface area contributed by atoms with Crippen molar-refractivity contribution in [2.24, 2.45) is 0 Å². The number of hydrogen-bond donors (Lipinski definition) is 2. The van der Waals surface area contributed by atoms with E-state index in [9.17, 15) is 9.59 Å². The summed E-state index contributed by atoms with van der Waals surface area (Å²) in [6, 6.07) is 7.05. The zero-order valence-electron chi connectivity index (χ0n) is 10.2. The molecule has 1 aromatic rings. The van der Waals surface area contributed by atoms with E-state index >= 15 is 0 Å². The van der Waals surface area contributed by atoms with E-state index in [1.54, 1.807) is 31.4 Å². The maximum Gasteiger partial charge on any atom is 0.251 e. The molecule has 0 heterocycles. The van der Waals surface area contributed by atoms with Crippen LogP contribution in [0, 0.1) is 0 Å². The minimum Gasteiger partial charge on any atom is -0.497 e. The molecule has 0 unspecified atom stereocenters. The van der Waals surface area contributed by atoms with Crippen LogP contribution in [0.4, 0.5) is 0 Å². The Labute approximate surface area is 106 Å². The van der Waals surface area contributed by atoms with Crippen molar-refractivity contribution in [3.8, 4) is 5.75 Å². The van der Waals surface area contributed by atoms with E-state index in [-0.39, 0.29) is 18.4 Å². The Balaban J connectivity index is 1.80. The van der Waals surface area contributed by atoms with E-state index < -0.39 is 0 Å². The Kier molecular flexibility index (Phi) is 3.82. The normalized spacial score (nSPS) is 13.8. The van der Waals surface area contributed by atoms with Crippen LogP contribution in [0.15, 0.2) is 24.3 Å². The van der Waals surface area contributed by atoms with Crippen LogP contribution in [0.2, 0.25) is 0 Å². The summed E-state index contributed by atoms with van der Waals surface area (Å²) >= 11 is 0. The van der Waals surface area contributed by atoms with Gasteiger partial charge in [-0.2, -0.15) is 0 Å². The number of nitrogens with one attached hydrogen (secondary N) is 2. The maximum atomic E-state index is 11.7. The third kappa shape index (κ3) is 3.48. The number of carbonyl (C=O) groups is 2. The molecule has 5 heteroatoms. The maximum absolute atomic E-state index is 11.7. The van der Waals surface area contributed by atoms with Gasteiger partial charge in [0.1, 0.15) is 5.75 Å². The highest BCUT2D eigenvalue weighted by atomic mass is 16.5. The summed E-state index contributed by atoms with van der Waals surface area (Å²) in [5.74, 6) is 0.293. The van der Waals surface area contributed by atoms with Crippen LogP contribution in [0.25, 0.3) is 0 Å². The van der Waals surface area contributed by atoms with Gasteiger partial charge in [0, 0.05) is 11.6 Å². The largest absolute Gasteiger partial charge is 0.497 e. The van der Waals surface area contributed by atoms with E-state index in [1.807, 2.05) is 0 Å². The van der Waals surface area contributed by atoms with Crippen LogP contribution < -0.4 is 15.4 Å². The highest BCUT2D eigenvalue weighted by Crippen LogP contribution is 2.18. The van der Waals surface area contributed by atoms with Crippen LogP contribution in [0.1, 0.15) is 23.2 Å². The Morgan fingerprint density at radius 3 is 2.50 bits per heavy atom. The first-order chi connectivity index (χ1) is 8.69. The molecular weight excluding hydrogens is 232 g/mol. The number of benzene rings is 1. The fourth-order valence-electron chi connectivity index (χ4n) is 1.51. The molecular formula is C13H16N2O3. The molecule has 2 rings (SSSR count). The molecule has 1 aliphatic rings. The van der Waals surface area contributed by atoms with Crippen molar-refractivity contribution in [2.75, 3.05) is 13.7 Å². The van der Waals surface area contributed by atoms with Gasteiger partial charge in [0.05, 0.1) is 13.7 Å². The highest BCUT2D eigenvalue weighted by Gasteiger charge is 2.23. The molecule has 1 saturated carbocycles. The van der Waals surface area contributed by atoms with Crippen LogP contribution >= 0.6 is 0 Å². The van der Waals surface area contributed by atoms with E-state index in [0.717, 1.165) is 12.8 Å². The molecule has 0 atom stereocenters. The zero-order valence-corrected chi connectivity index (χ0v) is 10.2. The summed E-state index contributed by atoms with van der Waals surface area (Å²) in [5.41, 5.74) is 0.509. The standard InChI is InChI=1S/C13H16N2O3/c1-18-11-6-2-9(3-7-11)13(17)14-8-12(16)15-10-4-5-10/h2-3,6-7,10H,4-5,8H2,1H3,(H,14,17)(H,15,16). The van der Waals surface area contributed by atoms with Crippen molar-refractivity contribution in [3.05, 3.63) is 29.8 Å². The van der Waals surface area contributed by atoms with Gasteiger partial charge in [-0.1, -0.05) is 0 Å². The first-order valence-corrected chi connectivity index (χ1v) is 5.90. The first kappa shape index (κ1) is 12.4. The fraction of sp³-hybridized carbons (Fsp3) is 0.385. The second-order valence-corrected chi connectivity index (χ2v) is 4.25. The molecule has 0 aromatic heterocycles. The zero-order chi connectivity index (χ0) is 13.0. The molecule has 0 radical (unpaired) electrons. The summed E-state index contributed by atoms with van der Waals surface area (Å²) in [6.45, 7) is 0.0152. The van der Waals surface area contributed by atoms with Gasteiger partial charge in [-0.05, 0) is 37.1 Å². The van der Waals surface area contributed by atoms with E-state index in [2.05, 4.69) is 10.6 Å². The van der Waals surface area contributed by atoms with Crippen molar-refractivity contribution < 1.29 is 14.3 Å². The second-order valence-electron chi connectivity index (χ2n) is 4.25. The van der Waals surface area contributed by atoms with E-state index in [0.29, 0.717) is 17.4 Å². The average molecular weight is 248 g/mol. The predicted octanol–water partition coefficient (Wildman–Crippen LogP) is 0.704. The van der Waals surface area contributed by atoms with Gasteiger partial charge in [0.15, 0.2) is 0 Å². The van der Waals surface area contributed by atoms with Crippen LogP contribution in [-0.4, -0.2) is 31.5 Å². The monoisotopic (exact) mass is 248 g/mol. The van der Waals surface area contributed by atoms with Gasteiger partial charge < -0.3 is 15.4 Å². The van der Waals surface area contributed by atoms with Crippen molar-refractivity contribution >= 4 is 11.8 Å². The molecule has 0 aliphatic heterocycles. The van der Waals surface area contributed by atoms with Gasteiger partial charge in [0.2, 0.25) is 5.91 Å². The minimum atomic E-state index is -0.261. The second kappa shape index (κ2) is 5.53. The molecule has 2 N–H and O–H groups in total. The van der Waals surface area contributed by atoms with Gasteiger partial charge in [0.25, 0.3) is 5.91 Å². The SMILES string of the molecule is COc1ccc(C(=O)NCC(=O)NC2CC2)cc1. The molecule has 96 valence electrons. The summed E-state index contributed by atoms with van der Waals surface area (Å²) in [7, 11) is 1.57. The number of methoxy groups -OCH3 is 1. The summed E-state index contributed by atoms with van der Waals surface area (Å²) in [6.07, 6.45) is 2.08. The lowest BCUT2D eigenvalue weighted by Crippen LogP contribution is -2.37. The van der Waals surface area contributed by atoms with Crippen molar-refractivity contribution in [1.29, 1.82) is 0 Å². The molecule has 1 aliphatic carbocycles. The molecule has 0 bridgehead atoms. The summed E-state index contributed by atoms with van der Waals surface area (Å²) in [4.78, 5) is 23.1. The van der Waals surface area contributed by atoms with Crippen LogP contribution in [-0.2, 0) is 4.79 Å². The fourth-order valence-corrected chi connectivity index (χ4v) is 1.51. The smallest absolute Gasteiger partial charge is 0.251 e. The van der Waals surface area contributed by atoms with E-state index in [4.69, 9.17) is 4.74 Å². The lowest BCUT2D eigenvalue weighted by molar-refractivity contribution is -0.120. The molecule has 18 heavy (non-hydrogen) atoms. The Morgan fingerprint density at radius 2 is 1.94 bits per heavy atom. The van der Waals surface area contributed by atoms with Gasteiger partial charge >= 0.3 is 0 Å². The first-order valence-electron chi connectivity index (χ1n) is 5.90.